The first-order valence-corrected chi connectivity index (χ1v) is 7.87. The van der Waals surface area contributed by atoms with Crippen molar-refractivity contribution in [3.8, 4) is 0 Å². The van der Waals surface area contributed by atoms with Crippen molar-refractivity contribution < 1.29 is 14.3 Å². The fourth-order valence-corrected chi connectivity index (χ4v) is 2.99. The summed E-state index contributed by atoms with van der Waals surface area (Å²) >= 11 is 0. The molecule has 24 heavy (non-hydrogen) atoms. The van der Waals surface area contributed by atoms with Crippen molar-refractivity contribution in [1.29, 1.82) is 0 Å². The number of ether oxygens (including phenoxy) is 1. The van der Waals surface area contributed by atoms with Crippen molar-refractivity contribution in [3.63, 3.8) is 0 Å². The first kappa shape index (κ1) is 16.3. The van der Waals surface area contributed by atoms with Gasteiger partial charge in [0.2, 0.25) is 5.91 Å². The second-order valence-corrected chi connectivity index (χ2v) is 5.89. The number of ketones is 1. The summed E-state index contributed by atoms with van der Waals surface area (Å²) in [6.07, 6.45) is 1.49. The van der Waals surface area contributed by atoms with Gasteiger partial charge in [-0.3, -0.25) is 19.0 Å². The summed E-state index contributed by atoms with van der Waals surface area (Å²) in [6.45, 7) is 2.63. The lowest BCUT2D eigenvalue weighted by Gasteiger charge is -2.35. The molecule has 3 rings (SSSR count). The van der Waals surface area contributed by atoms with Crippen LogP contribution < -0.4 is 5.56 Å². The van der Waals surface area contributed by atoms with Crippen LogP contribution in [0.15, 0.2) is 35.3 Å². The topological polar surface area (TPSA) is 81.5 Å². The molecule has 0 aliphatic carbocycles. The van der Waals surface area contributed by atoms with E-state index in [4.69, 9.17) is 4.74 Å². The summed E-state index contributed by atoms with van der Waals surface area (Å²) in [4.78, 5) is 42.0. The van der Waals surface area contributed by atoms with Gasteiger partial charge in [0.05, 0.1) is 36.5 Å². The van der Waals surface area contributed by atoms with Gasteiger partial charge in [-0.1, -0.05) is 12.1 Å². The van der Waals surface area contributed by atoms with Crippen LogP contribution in [0.25, 0.3) is 11.0 Å². The number of carbonyl (C=O) groups excluding carboxylic acids is 2. The molecule has 0 bridgehead atoms. The minimum absolute atomic E-state index is 0.00910. The van der Waals surface area contributed by atoms with Gasteiger partial charge in [-0.2, -0.15) is 0 Å². The van der Waals surface area contributed by atoms with E-state index in [2.05, 4.69) is 4.98 Å². The summed E-state index contributed by atoms with van der Waals surface area (Å²) in [5.74, 6) is -0.183. The molecule has 1 aliphatic heterocycles. The Balaban J connectivity index is 1.87. The lowest BCUT2D eigenvalue weighted by Crippen LogP contribution is -2.51. The summed E-state index contributed by atoms with van der Waals surface area (Å²) in [5, 5.41) is 0. The van der Waals surface area contributed by atoms with Crippen LogP contribution in [0.3, 0.4) is 0 Å². The van der Waals surface area contributed by atoms with Crippen LogP contribution in [0.2, 0.25) is 0 Å². The molecule has 0 unspecified atom stereocenters. The molecule has 2 aromatic rings. The van der Waals surface area contributed by atoms with Crippen LogP contribution in [0, 0.1) is 0 Å². The zero-order chi connectivity index (χ0) is 17.1. The summed E-state index contributed by atoms with van der Waals surface area (Å²) in [5.41, 5.74) is 0.959. The first-order valence-electron chi connectivity index (χ1n) is 7.87. The van der Waals surface area contributed by atoms with E-state index >= 15 is 0 Å². The average Bonchev–Trinajstić information content (AvgIpc) is 2.57. The predicted molar refractivity (Wildman–Crippen MR) is 87.6 cm³/mol. The number of rotatable bonds is 4. The van der Waals surface area contributed by atoms with Gasteiger partial charge in [-0.15, -0.1) is 0 Å². The van der Waals surface area contributed by atoms with Gasteiger partial charge in [-0.25, -0.2) is 4.98 Å². The Morgan fingerprint density at radius 1 is 1.33 bits per heavy atom. The molecule has 0 radical (unpaired) electrons. The van der Waals surface area contributed by atoms with Crippen molar-refractivity contribution in [2.75, 3.05) is 19.8 Å². The SMILES string of the molecule is CC(=O)C[C@H]1COCCN1C(=O)Cn1c(=O)cnc2ccccc21. The Morgan fingerprint density at radius 3 is 2.92 bits per heavy atom. The highest BCUT2D eigenvalue weighted by Gasteiger charge is 2.28. The van der Waals surface area contributed by atoms with E-state index in [1.807, 2.05) is 6.07 Å². The fourth-order valence-electron chi connectivity index (χ4n) is 2.99. The molecular weight excluding hydrogens is 310 g/mol. The minimum Gasteiger partial charge on any atom is -0.377 e. The maximum absolute atomic E-state index is 12.7. The fraction of sp³-hybridized carbons (Fsp3) is 0.412. The Hall–Kier alpha value is -2.54. The third kappa shape index (κ3) is 3.35. The van der Waals surface area contributed by atoms with Crippen molar-refractivity contribution >= 4 is 22.7 Å². The molecule has 0 saturated carbocycles. The van der Waals surface area contributed by atoms with Crippen molar-refractivity contribution in [1.82, 2.24) is 14.5 Å². The van der Waals surface area contributed by atoms with Crippen LogP contribution in [0.4, 0.5) is 0 Å². The van der Waals surface area contributed by atoms with Gasteiger partial charge >= 0.3 is 0 Å². The predicted octanol–water partition coefficient (Wildman–Crippen LogP) is 0.603. The van der Waals surface area contributed by atoms with Gasteiger partial charge in [0.1, 0.15) is 12.3 Å². The smallest absolute Gasteiger partial charge is 0.269 e. The molecule has 1 fully saturated rings. The molecule has 0 N–H and O–H groups in total. The Bertz CT molecular complexity index is 830. The number of hydrogen-bond donors (Lipinski definition) is 0. The van der Waals surface area contributed by atoms with E-state index in [1.54, 1.807) is 23.1 Å². The summed E-state index contributed by atoms with van der Waals surface area (Å²) < 4.78 is 6.80. The van der Waals surface area contributed by atoms with E-state index < -0.39 is 0 Å². The zero-order valence-electron chi connectivity index (χ0n) is 13.5. The lowest BCUT2D eigenvalue weighted by atomic mass is 10.1. The quantitative estimate of drug-likeness (QED) is 0.820. The molecular formula is C17H19N3O4. The number of hydrogen-bond acceptors (Lipinski definition) is 5. The van der Waals surface area contributed by atoms with Gasteiger partial charge < -0.3 is 9.64 Å². The van der Waals surface area contributed by atoms with E-state index in [-0.39, 0.29) is 36.3 Å². The molecule has 126 valence electrons. The van der Waals surface area contributed by atoms with Gasteiger partial charge in [0, 0.05) is 13.0 Å². The molecule has 7 nitrogen and oxygen atoms in total. The largest absolute Gasteiger partial charge is 0.377 e. The summed E-state index contributed by atoms with van der Waals surface area (Å²) in [7, 11) is 0. The van der Waals surface area contributed by atoms with Gasteiger partial charge in [0.25, 0.3) is 5.56 Å². The highest BCUT2D eigenvalue weighted by molar-refractivity contribution is 5.81. The van der Waals surface area contributed by atoms with Crippen LogP contribution >= 0.6 is 0 Å². The summed E-state index contributed by atoms with van der Waals surface area (Å²) in [6, 6.07) is 6.92. The number of amides is 1. The minimum atomic E-state index is -0.321. The van der Waals surface area contributed by atoms with Crippen LogP contribution in [0.5, 0.6) is 0 Å². The van der Waals surface area contributed by atoms with Crippen molar-refractivity contribution in [2.24, 2.45) is 0 Å². The Labute approximate surface area is 138 Å². The third-order valence-corrected chi connectivity index (χ3v) is 4.12. The van der Waals surface area contributed by atoms with E-state index in [1.165, 1.54) is 17.7 Å². The van der Waals surface area contributed by atoms with E-state index in [0.29, 0.717) is 30.8 Å². The normalized spacial score (nSPS) is 17.9. The standard InChI is InChI=1S/C17H19N3O4/c1-12(21)8-13-11-24-7-6-19(13)17(23)10-20-15-5-3-2-4-14(15)18-9-16(20)22/h2-5,9,13H,6-8,10-11H2,1H3/t13-/m0/s1. The lowest BCUT2D eigenvalue weighted by molar-refractivity contribution is -0.141. The monoisotopic (exact) mass is 329 g/mol. The maximum Gasteiger partial charge on any atom is 0.269 e. The third-order valence-electron chi connectivity index (χ3n) is 4.12. The number of aromatic nitrogens is 2. The number of Topliss-reactive ketones (excluding diaryl/α,β-unsaturated/α-hetero) is 1. The molecule has 1 atom stereocenters. The zero-order valence-corrected chi connectivity index (χ0v) is 13.5. The molecule has 1 amide bonds. The number of fused-ring (bicyclic) bond motifs is 1. The van der Waals surface area contributed by atoms with Crippen LogP contribution in [-0.2, 0) is 20.9 Å². The molecule has 1 saturated heterocycles. The van der Waals surface area contributed by atoms with Gasteiger partial charge in [-0.05, 0) is 19.1 Å². The maximum atomic E-state index is 12.7. The van der Waals surface area contributed by atoms with Crippen molar-refractivity contribution in [2.45, 2.75) is 25.9 Å². The molecule has 0 spiro atoms. The van der Waals surface area contributed by atoms with E-state index in [9.17, 15) is 14.4 Å². The molecule has 2 heterocycles. The first-order chi connectivity index (χ1) is 11.6. The number of carbonyl (C=O) groups is 2. The van der Waals surface area contributed by atoms with Crippen LogP contribution in [0.1, 0.15) is 13.3 Å². The van der Waals surface area contributed by atoms with Crippen molar-refractivity contribution in [3.05, 3.63) is 40.8 Å². The van der Waals surface area contributed by atoms with Gasteiger partial charge in [0.15, 0.2) is 0 Å². The molecule has 1 aromatic carbocycles. The molecule has 7 heteroatoms. The number of benzene rings is 1. The van der Waals surface area contributed by atoms with Crippen LogP contribution in [-0.4, -0.2) is 51.9 Å². The second-order valence-electron chi connectivity index (χ2n) is 5.89. The van der Waals surface area contributed by atoms with E-state index in [0.717, 1.165) is 0 Å². The number of morpholine rings is 1. The molecule has 1 aliphatic rings. The second kappa shape index (κ2) is 6.92. The average molecular weight is 329 g/mol. The number of nitrogens with zero attached hydrogens (tertiary/aromatic N) is 3. The highest BCUT2D eigenvalue weighted by Crippen LogP contribution is 2.14. The molecule has 1 aromatic heterocycles. The highest BCUT2D eigenvalue weighted by atomic mass is 16.5. The Morgan fingerprint density at radius 2 is 2.12 bits per heavy atom. The number of para-hydroxylation sites is 2. The Kier molecular flexibility index (Phi) is 4.71.